The topological polar surface area (TPSA) is 47.3 Å². The number of benzene rings is 1. The minimum absolute atomic E-state index is 0.288. The minimum atomic E-state index is -0.864. The average Bonchev–Trinajstić information content (AvgIpc) is 2.24. The van der Waals surface area contributed by atoms with Crippen molar-refractivity contribution in [3.63, 3.8) is 0 Å². The van der Waals surface area contributed by atoms with E-state index >= 15 is 0 Å². The number of likely N-dealkylation sites (N-methyl/N-ethyl adjacent to an activating group) is 1. The van der Waals surface area contributed by atoms with Gasteiger partial charge >= 0.3 is 0 Å². The van der Waals surface area contributed by atoms with Crippen LogP contribution in [-0.2, 0) is 0 Å². The van der Waals surface area contributed by atoms with Crippen LogP contribution in [0.1, 0.15) is 26.3 Å². The zero-order chi connectivity index (χ0) is 13.1. The summed E-state index contributed by atoms with van der Waals surface area (Å²) in [6, 6.07) is 6.08. The Balaban J connectivity index is 3.08. The molecule has 0 amide bonds. The Kier molecular flexibility index (Phi) is 4.08. The second kappa shape index (κ2) is 5.15. The fourth-order valence-corrected chi connectivity index (χ4v) is 1.71. The quantitative estimate of drug-likeness (QED) is 0.872. The molecule has 17 heavy (non-hydrogen) atoms. The van der Waals surface area contributed by atoms with Crippen LogP contribution in [0, 0.1) is 17.1 Å². The summed E-state index contributed by atoms with van der Waals surface area (Å²) < 4.78 is 13.0. The second-order valence-corrected chi connectivity index (χ2v) is 4.60. The maximum atomic E-state index is 13.0. The molecule has 0 spiro atoms. The number of hydrogen-bond donors (Lipinski definition) is 1. The third-order valence-corrected chi connectivity index (χ3v) is 2.38. The minimum Gasteiger partial charge on any atom is -0.389 e. The Hall–Kier alpha value is -1.60. The standard InChI is InChI=1S/C13H17FN2O/c1-4-16(9-13(2,3)17)12-6-5-11(14)7-10(12)8-15/h5-7,17H,4,9H2,1-3H3. The van der Waals surface area contributed by atoms with E-state index in [4.69, 9.17) is 5.26 Å². The summed E-state index contributed by atoms with van der Waals surface area (Å²) in [4.78, 5) is 1.86. The lowest BCUT2D eigenvalue weighted by molar-refractivity contribution is 0.0876. The second-order valence-electron chi connectivity index (χ2n) is 4.60. The van der Waals surface area contributed by atoms with Crippen molar-refractivity contribution in [1.29, 1.82) is 5.26 Å². The number of nitriles is 1. The molecule has 0 atom stereocenters. The normalized spacial score (nSPS) is 11.1. The Bertz CT molecular complexity index is 432. The van der Waals surface area contributed by atoms with Gasteiger partial charge in [0.05, 0.1) is 16.9 Å². The van der Waals surface area contributed by atoms with Gasteiger partial charge in [0, 0.05) is 13.1 Å². The van der Waals surface area contributed by atoms with E-state index in [1.807, 2.05) is 17.9 Å². The predicted molar refractivity (Wildman–Crippen MR) is 65.3 cm³/mol. The van der Waals surface area contributed by atoms with Crippen LogP contribution in [0.2, 0.25) is 0 Å². The first-order chi connectivity index (χ1) is 7.87. The molecule has 3 nitrogen and oxygen atoms in total. The first kappa shape index (κ1) is 13.5. The molecular formula is C13H17FN2O. The molecule has 1 rings (SSSR count). The van der Waals surface area contributed by atoms with Gasteiger partial charge in [0.25, 0.3) is 0 Å². The Morgan fingerprint density at radius 3 is 2.59 bits per heavy atom. The maximum Gasteiger partial charge on any atom is 0.124 e. The number of hydrogen-bond acceptors (Lipinski definition) is 3. The zero-order valence-corrected chi connectivity index (χ0v) is 10.4. The summed E-state index contributed by atoms with van der Waals surface area (Å²) in [5.41, 5.74) is 0.0755. The number of halogens is 1. The molecule has 1 aromatic rings. The molecular weight excluding hydrogens is 219 g/mol. The van der Waals surface area contributed by atoms with Crippen molar-refractivity contribution < 1.29 is 9.50 Å². The predicted octanol–water partition coefficient (Wildman–Crippen LogP) is 2.29. The van der Waals surface area contributed by atoms with Gasteiger partial charge in [-0.05, 0) is 39.0 Å². The first-order valence-corrected chi connectivity index (χ1v) is 5.54. The Morgan fingerprint density at radius 1 is 1.47 bits per heavy atom. The summed E-state index contributed by atoms with van der Waals surface area (Å²) in [5.74, 6) is -0.426. The van der Waals surface area contributed by atoms with Crippen LogP contribution in [0.25, 0.3) is 0 Å². The molecule has 0 aliphatic heterocycles. The van der Waals surface area contributed by atoms with Crippen molar-refractivity contribution >= 4 is 5.69 Å². The molecule has 0 bridgehead atoms. The SMILES string of the molecule is CCN(CC(C)(C)O)c1ccc(F)cc1C#N. The summed E-state index contributed by atoms with van der Waals surface area (Å²) in [6.07, 6.45) is 0. The van der Waals surface area contributed by atoms with E-state index in [0.29, 0.717) is 18.8 Å². The summed E-state index contributed by atoms with van der Waals surface area (Å²) in [5, 5.41) is 18.8. The smallest absolute Gasteiger partial charge is 0.124 e. The largest absolute Gasteiger partial charge is 0.389 e. The molecule has 0 aromatic heterocycles. The number of rotatable bonds is 4. The van der Waals surface area contributed by atoms with Gasteiger partial charge < -0.3 is 10.0 Å². The van der Waals surface area contributed by atoms with Gasteiger partial charge in [-0.25, -0.2) is 4.39 Å². The van der Waals surface area contributed by atoms with Gasteiger partial charge in [0.1, 0.15) is 11.9 Å². The van der Waals surface area contributed by atoms with Crippen LogP contribution in [-0.4, -0.2) is 23.8 Å². The fraction of sp³-hybridized carbons (Fsp3) is 0.462. The number of anilines is 1. The molecule has 4 heteroatoms. The molecule has 0 unspecified atom stereocenters. The lowest BCUT2D eigenvalue weighted by Gasteiger charge is -2.30. The van der Waals surface area contributed by atoms with Crippen LogP contribution in [0.15, 0.2) is 18.2 Å². The van der Waals surface area contributed by atoms with Gasteiger partial charge in [-0.1, -0.05) is 0 Å². The van der Waals surface area contributed by atoms with Gasteiger partial charge in [0.2, 0.25) is 0 Å². The fourth-order valence-electron chi connectivity index (χ4n) is 1.71. The van der Waals surface area contributed by atoms with Crippen LogP contribution in [0.4, 0.5) is 10.1 Å². The molecule has 0 radical (unpaired) electrons. The van der Waals surface area contributed by atoms with Gasteiger partial charge in [-0.3, -0.25) is 0 Å². The molecule has 92 valence electrons. The van der Waals surface area contributed by atoms with E-state index in [2.05, 4.69) is 0 Å². The third-order valence-electron chi connectivity index (χ3n) is 2.38. The van der Waals surface area contributed by atoms with E-state index in [-0.39, 0.29) is 5.56 Å². The molecule has 1 aromatic carbocycles. The highest BCUT2D eigenvalue weighted by atomic mass is 19.1. The molecule has 0 fully saturated rings. The van der Waals surface area contributed by atoms with Gasteiger partial charge in [0.15, 0.2) is 0 Å². The van der Waals surface area contributed by atoms with E-state index in [9.17, 15) is 9.50 Å². The highest BCUT2D eigenvalue weighted by Gasteiger charge is 2.19. The maximum absolute atomic E-state index is 13.0. The number of nitrogens with zero attached hydrogens (tertiary/aromatic N) is 2. The first-order valence-electron chi connectivity index (χ1n) is 5.54. The molecule has 0 heterocycles. The van der Waals surface area contributed by atoms with Crippen LogP contribution in [0.5, 0.6) is 0 Å². The molecule has 0 aliphatic carbocycles. The molecule has 0 saturated heterocycles. The summed E-state index contributed by atoms with van der Waals surface area (Å²) in [6.45, 7) is 6.36. The van der Waals surface area contributed by atoms with E-state index in [1.54, 1.807) is 19.9 Å². The number of aliphatic hydroxyl groups is 1. The van der Waals surface area contributed by atoms with Crippen molar-refractivity contribution in [2.45, 2.75) is 26.4 Å². The van der Waals surface area contributed by atoms with E-state index in [0.717, 1.165) is 0 Å². The third kappa shape index (κ3) is 3.72. The Morgan fingerprint density at radius 2 is 2.12 bits per heavy atom. The molecule has 1 N–H and O–H groups in total. The van der Waals surface area contributed by atoms with E-state index < -0.39 is 11.4 Å². The molecule has 0 saturated carbocycles. The lowest BCUT2D eigenvalue weighted by Crippen LogP contribution is -2.39. The highest BCUT2D eigenvalue weighted by molar-refractivity contribution is 5.59. The van der Waals surface area contributed by atoms with Crippen molar-refractivity contribution in [3.8, 4) is 6.07 Å². The van der Waals surface area contributed by atoms with E-state index in [1.165, 1.54) is 12.1 Å². The van der Waals surface area contributed by atoms with Crippen molar-refractivity contribution in [3.05, 3.63) is 29.6 Å². The highest BCUT2D eigenvalue weighted by Crippen LogP contribution is 2.22. The summed E-state index contributed by atoms with van der Waals surface area (Å²) >= 11 is 0. The van der Waals surface area contributed by atoms with Gasteiger partial charge in [-0.2, -0.15) is 5.26 Å². The average molecular weight is 236 g/mol. The zero-order valence-electron chi connectivity index (χ0n) is 10.4. The molecule has 0 aliphatic rings. The van der Waals surface area contributed by atoms with Crippen LogP contribution in [0.3, 0.4) is 0 Å². The lowest BCUT2D eigenvalue weighted by atomic mass is 10.1. The van der Waals surface area contributed by atoms with Crippen LogP contribution >= 0.6 is 0 Å². The van der Waals surface area contributed by atoms with Crippen molar-refractivity contribution in [2.75, 3.05) is 18.0 Å². The monoisotopic (exact) mass is 236 g/mol. The van der Waals surface area contributed by atoms with Gasteiger partial charge in [-0.15, -0.1) is 0 Å². The van der Waals surface area contributed by atoms with Crippen LogP contribution < -0.4 is 4.90 Å². The Labute approximate surface area is 101 Å². The van der Waals surface area contributed by atoms with Crippen molar-refractivity contribution in [1.82, 2.24) is 0 Å². The summed E-state index contributed by atoms with van der Waals surface area (Å²) in [7, 11) is 0. The van der Waals surface area contributed by atoms with Crippen molar-refractivity contribution in [2.24, 2.45) is 0 Å².